The summed E-state index contributed by atoms with van der Waals surface area (Å²) in [6.45, 7) is 1.19. The van der Waals surface area contributed by atoms with Gasteiger partial charge in [-0.05, 0) is 43.7 Å². The van der Waals surface area contributed by atoms with Crippen LogP contribution in [-0.2, 0) is 0 Å². The zero-order valence-corrected chi connectivity index (χ0v) is 10.3. The molecule has 0 saturated carbocycles. The molecule has 1 aromatic carbocycles. The lowest BCUT2D eigenvalue weighted by molar-refractivity contribution is 0.430. The Bertz CT molecular complexity index is 293. The summed E-state index contributed by atoms with van der Waals surface area (Å²) < 4.78 is 0. The van der Waals surface area contributed by atoms with E-state index in [4.69, 9.17) is 11.6 Å². The molecule has 1 N–H and O–H groups in total. The first-order valence-corrected chi connectivity index (χ1v) is 6.83. The Morgan fingerprint density at radius 2 is 2.07 bits per heavy atom. The van der Waals surface area contributed by atoms with Crippen molar-refractivity contribution in [2.24, 2.45) is 0 Å². The van der Waals surface area contributed by atoms with Gasteiger partial charge in [-0.15, -0.1) is 11.8 Å². The lowest BCUT2D eigenvalue weighted by Crippen LogP contribution is -2.35. The average Bonchev–Trinajstić information content (AvgIpc) is 2.30. The van der Waals surface area contributed by atoms with Crippen LogP contribution in [0.15, 0.2) is 29.2 Å². The maximum Gasteiger partial charge on any atom is 0.0406 e. The van der Waals surface area contributed by atoms with Crippen molar-refractivity contribution in [3.05, 3.63) is 29.3 Å². The lowest BCUT2D eigenvalue weighted by atomic mass is 10.1. The number of thioether (sulfide) groups is 1. The highest BCUT2D eigenvalue weighted by molar-refractivity contribution is 7.99. The largest absolute Gasteiger partial charge is 0.313 e. The minimum atomic E-state index is 0.694. The molecule has 1 aliphatic heterocycles. The second kappa shape index (κ2) is 5.78. The normalized spacial score (nSPS) is 21.5. The molecule has 1 nitrogen and oxygen atoms in total. The van der Waals surface area contributed by atoms with Crippen molar-refractivity contribution < 1.29 is 0 Å². The standard InChI is InChI=1S/C12H16ClNS/c13-10-4-6-12(7-5-10)15-9-11-3-1-2-8-14-11/h4-7,11,14H,1-3,8-9H2. The Kier molecular flexibility index (Phi) is 4.36. The summed E-state index contributed by atoms with van der Waals surface area (Å²) in [6, 6.07) is 8.79. The molecule has 0 aromatic heterocycles. The SMILES string of the molecule is Clc1ccc(SCC2CCCCN2)cc1. The lowest BCUT2D eigenvalue weighted by Gasteiger charge is -2.22. The summed E-state index contributed by atoms with van der Waals surface area (Å²) in [6.07, 6.45) is 4.03. The summed E-state index contributed by atoms with van der Waals surface area (Å²) in [4.78, 5) is 1.31. The number of benzene rings is 1. The van der Waals surface area contributed by atoms with E-state index in [0.717, 1.165) is 5.02 Å². The van der Waals surface area contributed by atoms with Crippen LogP contribution >= 0.6 is 23.4 Å². The van der Waals surface area contributed by atoms with Crippen molar-refractivity contribution in [2.75, 3.05) is 12.3 Å². The topological polar surface area (TPSA) is 12.0 Å². The number of hydrogen-bond acceptors (Lipinski definition) is 2. The Balaban J connectivity index is 1.79. The first-order valence-electron chi connectivity index (χ1n) is 5.46. The summed E-state index contributed by atoms with van der Waals surface area (Å²) in [5.41, 5.74) is 0. The van der Waals surface area contributed by atoms with Gasteiger partial charge >= 0.3 is 0 Å². The van der Waals surface area contributed by atoms with Gasteiger partial charge < -0.3 is 5.32 Å². The molecule has 0 bridgehead atoms. The number of nitrogens with one attached hydrogen (secondary N) is 1. The van der Waals surface area contributed by atoms with Crippen LogP contribution in [0.5, 0.6) is 0 Å². The molecule has 1 fully saturated rings. The Morgan fingerprint density at radius 1 is 1.27 bits per heavy atom. The zero-order valence-electron chi connectivity index (χ0n) is 8.71. The number of halogens is 1. The predicted octanol–water partition coefficient (Wildman–Crippen LogP) is 3.57. The summed E-state index contributed by atoms with van der Waals surface area (Å²) >= 11 is 7.75. The van der Waals surface area contributed by atoms with Gasteiger partial charge in [-0.25, -0.2) is 0 Å². The summed E-state index contributed by atoms with van der Waals surface area (Å²) in [5, 5.41) is 4.37. The summed E-state index contributed by atoms with van der Waals surface area (Å²) in [7, 11) is 0. The third kappa shape index (κ3) is 3.71. The van der Waals surface area contributed by atoms with Crippen molar-refractivity contribution in [3.63, 3.8) is 0 Å². The fourth-order valence-corrected chi connectivity index (χ4v) is 2.93. The molecular formula is C12H16ClNS. The quantitative estimate of drug-likeness (QED) is 0.812. The van der Waals surface area contributed by atoms with Crippen molar-refractivity contribution in [2.45, 2.75) is 30.2 Å². The van der Waals surface area contributed by atoms with Crippen LogP contribution in [0.1, 0.15) is 19.3 Å². The van der Waals surface area contributed by atoms with Gasteiger partial charge in [0, 0.05) is 21.7 Å². The van der Waals surface area contributed by atoms with E-state index in [-0.39, 0.29) is 0 Å². The Morgan fingerprint density at radius 3 is 2.73 bits per heavy atom. The highest BCUT2D eigenvalue weighted by Crippen LogP contribution is 2.22. The van der Waals surface area contributed by atoms with E-state index >= 15 is 0 Å². The van der Waals surface area contributed by atoms with Gasteiger partial charge in [-0.1, -0.05) is 18.0 Å². The molecule has 0 spiro atoms. The molecule has 0 radical (unpaired) electrons. The van der Waals surface area contributed by atoms with Gasteiger partial charge in [-0.3, -0.25) is 0 Å². The Hall–Kier alpha value is -0.180. The molecule has 1 aromatic rings. The Labute approximate surface area is 101 Å². The zero-order chi connectivity index (χ0) is 10.5. The number of rotatable bonds is 3. The van der Waals surface area contributed by atoms with Gasteiger partial charge in [0.25, 0.3) is 0 Å². The van der Waals surface area contributed by atoms with Crippen molar-refractivity contribution in [1.82, 2.24) is 5.32 Å². The number of piperidine rings is 1. The highest BCUT2D eigenvalue weighted by Gasteiger charge is 2.12. The van der Waals surface area contributed by atoms with Crippen LogP contribution in [0.2, 0.25) is 5.02 Å². The second-order valence-corrected chi connectivity index (χ2v) is 5.44. The van der Waals surface area contributed by atoms with Crippen LogP contribution in [0.3, 0.4) is 0 Å². The monoisotopic (exact) mass is 241 g/mol. The van der Waals surface area contributed by atoms with Crippen molar-refractivity contribution in [1.29, 1.82) is 0 Å². The molecular weight excluding hydrogens is 226 g/mol. The molecule has 1 aliphatic rings. The third-order valence-corrected chi connectivity index (χ3v) is 4.10. The van der Waals surface area contributed by atoms with Gasteiger partial charge in [0.15, 0.2) is 0 Å². The van der Waals surface area contributed by atoms with Crippen LogP contribution in [0, 0.1) is 0 Å². The van der Waals surface area contributed by atoms with Gasteiger partial charge in [0.05, 0.1) is 0 Å². The van der Waals surface area contributed by atoms with Crippen molar-refractivity contribution in [3.8, 4) is 0 Å². The fourth-order valence-electron chi connectivity index (χ4n) is 1.79. The van der Waals surface area contributed by atoms with Crippen LogP contribution < -0.4 is 5.32 Å². The van der Waals surface area contributed by atoms with Crippen LogP contribution in [-0.4, -0.2) is 18.3 Å². The van der Waals surface area contributed by atoms with E-state index in [1.807, 2.05) is 23.9 Å². The second-order valence-electron chi connectivity index (χ2n) is 3.91. The molecule has 15 heavy (non-hydrogen) atoms. The van der Waals surface area contributed by atoms with Crippen LogP contribution in [0.4, 0.5) is 0 Å². The molecule has 82 valence electrons. The van der Waals surface area contributed by atoms with E-state index in [1.165, 1.54) is 36.5 Å². The predicted molar refractivity (Wildman–Crippen MR) is 67.8 cm³/mol. The van der Waals surface area contributed by atoms with E-state index in [9.17, 15) is 0 Å². The first kappa shape index (κ1) is 11.3. The minimum absolute atomic E-state index is 0.694. The van der Waals surface area contributed by atoms with E-state index in [0.29, 0.717) is 6.04 Å². The molecule has 1 saturated heterocycles. The molecule has 1 atom stereocenters. The first-order chi connectivity index (χ1) is 7.34. The van der Waals surface area contributed by atoms with Crippen LogP contribution in [0.25, 0.3) is 0 Å². The minimum Gasteiger partial charge on any atom is -0.313 e. The molecule has 0 aliphatic carbocycles. The molecule has 1 unspecified atom stereocenters. The average molecular weight is 242 g/mol. The molecule has 3 heteroatoms. The highest BCUT2D eigenvalue weighted by atomic mass is 35.5. The van der Waals surface area contributed by atoms with Crippen molar-refractivity contribution >= 4 is 23.4 Å². The summed E-state index contributed by atoms with van der Waals surface area (Å²) in [5.74, 6) is 1.17. The molecule has 0 amide bonds. The molecule has 2 rings (SSSR count). The maximum absolute atomic E-state index is 5.84. The fraction of sp³-hybridized carbons (Fsp3) is 0.500. The molecule has 1 heterocycles. The smallest absolute Gasteiger partial charge is 0.0406 e. The van der Waals surface area contributed by atoms with Gasteiger partial charge in [0.1, 0.15) is 0 Å². The van der Waals surface area contributed by atoms with E-state index in [2.05, 4.69) is 17.4 Å². The van der Waals surface area contributed by atoms with E-state index < -0.39 is 0 Å². The maximum atomic E-state index is 5.84. The van der Waals surface area contributed by atoms with Gasteiger partial charge in [0.2, 0.25) is 0 Å². The third-order valence-electron chi connectivity index (χ3n) is 2.68. The van der Waals surface area contributed by atoms with Gasteiger partial charge in [-0.2, -0.15) is 0 Å². The van der Waals surface area contributed by atoms with E-state index in [1.54, 1.807) is 0 Å². The number of hydrogen-bond donors (Lipinski definition) is 1.